The Morgan fingerprint density at radius 2 is 1.08 bits per heavy atom. The third kappa shape index (κ3) is 14.3. The van der Waals surface area contributed by atoms with Gasteiger partial charge < -0.3 is 19.8 Å². The van der Waals surface area contributed by atoms with Gasteiger partial charge in [0.1, 0.15) is 0 Å². The van der Waals surface area contributed by atoms with Crippen LogP contribution in [0.3, 0.4) is 0 Å². The topological polar surface area (TPSA) is 80.3 Å². The zero-order valence-corrected chi connectivity index (χ0v) is 8.25. The zero-order valence-electron chi connectivity index (χ0n) is 7.21. The molecule has 4 nitrogen and oxygen atoms in total. The number of unbranched alkanes of at least 4 members (excludes halogenated alkanes) is 3. The predicted octanol–water partition coefficient (Wildman–Crippen LogP) is -1.18. The molecule has 0 unspecified atom stereocenters. The Labute approximate surface area is 87.5 Å². The fourth-order valence-corrected chi connectivity index (χ4v) is 0.892. The number of hydrogen-bond acceptors (Lipinski definition) is 4. The van der Waals surface area contributed by atoms with Crippen LogP contribution >= 0.6 is 0 Å². The third-order valence-electron chi connectivity index (χ3n) is 1.51. The normalized spacial score (nSPS) is 8.92. The van der Waals surface area contributed by atoms with Crippen molar-refractivity contribution in [3.05, 3.63) is 0 Å². The van der Waals surface area contributed by atoms with E-state index in [-0.39, 0.29) is 29.6 Å². The summed E-state index contributed by atoms with van der Waals surface area (Å²) < 4.78 is 0. The van der Waals surface area contributed by atoms with Crippen LogP contribution in [0.1, 0.15) is 38.5 Å². The fraction of sp³-hybridized carbons (Fsp3) is 0.750. The molecular formula is C8H12CoO4. The van der Waals surface area contributed by atoms with Crippen molar-refractivity contribution in [3.8, 4) is 0 Å². The van der Waals surface area contributed by atoms with Gasteiger partial charge in [0, 0.05) is 11.9 Å². The molecule has 0 aliphatic heterocycles. The molecule has 1 radical (unpaired) electrons. The van der Waals surface area contributed by atoms with Gasteiger partial charge in [-0.15, -0.1) is 0 Å². The Hall–Kier alpha value is -0.554. The van der Waals surface area contributed by atoms with Gasteiger partial charge in [0.15, 0.2) is 0 Å². The van der Waals surface area contributed by atoms with Crippen molar-refractivity contribution in [1.29, 1.82) is 0 Å². The minimum atomic E-state index is -1.05. The monoisotopic (exact) mass is 231 g/mol. The van der Waals surface area contributed by atoms with Crippen LogP contribution < -0.4 is 10.2 Å². The van der Waals surface area contributed by atoms with Crippen LogP contribution in [0.25, 0.3) is 0 Å². The third-order valence-corrected chi connectivity index (χ3v) is 1.51. The van der Waals surface area contributed by atoms with Crippen LogP contribution in [0.15, 0.2) is 0 Å². The van der Waals surface area contributed by atoms with Crippen LogP contribution in [0.2, 0.25) is 0 Å². The van der Waals surface area contributed by atoms with Crippen molar-refractivity contribution in [2.45, 2.75) is 38.5 Å². The van der Waals surface area contributed by atoms with Crippen molar-refractivity contribution >= 4 is 11.9 Å². The largest absolute Gasteiger partial charge is 2.00 e. The molecule has 0 rings (SSSR count). The maximum Gasteiger partial charge on any atom is 2.00 e. The van der Waals surface area contributed by atoms with Crippen molar-refractivity contribution in [2.24, 2.45) is 0 Å². The van der Waals surface area contributed by atoms with Gasteiger partial charge in [0.2, 0.25) is 0 Å². The first-order valence-corrected chi connectivity index (χ1v) is 4.02. The number of carbonyl (C=O) groups is 2. The molecule has 0 aliphatic rings. The average Bonchev–Trinajstić information content (AvgIpc) is 1.95. The molecule has 0 saturated heterocycles. The molecule has 0 aliphatic carbocycles. The number of carboxylic acids is 2. The Morgan fingerprint density at radius 3 is 1.31 bits per heavy atom. The number of carbonyl (C=O) groups excluding carboxylic acids is 2. The van der Waals surface area contributed by atoms with Gasteiger partial charge in [0.05, 0.1) is 0 Å². The first-order chi connectivity index (χ1) is 5.63. The molecule has 0 aromatic heterocycles. The minimum Gasteiger partial charge on any atom is -0.550 e. The van der Waals surface area contributed by atoms with Gasteiger partial charge in [0.25, 0.3) is 0 Å². The summed E-state index contributed by atoms with van der Waals surface area (Å²) in [5, 5.41) is 19.8. The SMILES string of the molecule is O=C([O-])CCCCCCC(=O)[O-].[Co+2]. The Morgan fingerprint density at radius 1 is 0.769 bits per heavy atom. The molecule has 0 bridgehead atoms. The van der Waals surface area contributed by atoms with Crippen molar-refractivity contribution in [1.82, 2.24) is 0 Å². The fourth-order valence-electron chi connectivity index (χ4n) is 0.892. The van der Waals surface area contributed by atoms with E-state index in [1.807, 2.05) is 0 Å². The number of aliphatic carboxylic acids is 2. The van der Waals surface area contributed by atoms with Crippen molar-refractivity contribution < 1.29 is 36.6 Å². The molecule has 0 saturated carbocycles. The van der Waals surface area contributed by atoms with Crippen molar-refractivity contribution in [2.75, 3.05) is 0 Å². The van der Waals surface area contributed by atoms with Gasteiger partial charge in [-0.3, -0.25) is 0 Å². The van der Waals surface area contributed by atoms with Crippen LogP contribution in [-0.4, -0.2) is 11.9 Å². The second-order valence-corrected chi connectivity index (χ2v) is 2.66. The van der Waals surface area contributed by atoms with E-state index in [1.165, 1.54) is 0 Å². The zero-order chi connectivity index (χ0) is 9.40. The van der Waals surface area contributed by atoms with Crippen LogP contribution in [0, 0.1) is 0 Å². The molecule has 0 N–H and O–H groups in total. The van der Waals surface area contributed by atoms with Gasteiger partial charge in [-0.25, -0.2) is 0 Å². The Bertz CT molecular complexity index is 140. The van der Waals surface area contributed by atoms with E-state index in [4.69, 9.17) is 0 Å². The van der Waals surface area contributed by atoms with Crippen molar-refractivity contribution in [3.63, 3.8) is 0 Å². The summed E-state index contributed by atoms with van der Waals surface area (Å²) in [4.78, 5) is 19.8. The standard InChI is InChI=1S/C8H14O4.Co/c9-7(10)5-3-1-2-4-6-8(11)12;/h1-6H2,(H,9,10)(H,11,12);/q;+2/p-2. The maximum absolute atomic E-state index is 9.92. The molecule has 0 aromatic rings. The minimum absolute atomic E-state index is 0. The Kier molecular flexibility index (Phi) is 11.0. The first kappa shape index (κ1) is 14.9. The van der Waals surface area contributed by atoms with E-state index in [0.717, 1.165) is 12.8 Å². The summed E-state index contributed by atoms with van der Waals surface area (Å²) in [6.07, 6.45) is 2.73. The summed E-state index contributed by atoms with van der Waals surface area (Å²) in [7, 11) is 0. The number of carboxylic acid groups (broad SMARTS) is 2. The molecule has 0 atom stereocenters. The molecule has 0 aromatic carbocycles. The first-order valence-electron chi connectivity index (χ1n) is 4.02. The Balaban J connectivity index is 0. The van der Waals surface area contributed by atoms with Crippen LogP contribution in [0.4, 0.5) is 0 Å². The van der Waals surface area contributed by atoms with E-state index < -0.39 is 11.9 Å². The summed E-state index contributed by atoms with van der Waals surface area (Å²) >= 11 is 0. The average molecular weight is 231 g/mol. The van der Waals surface area contributed by atoms with Crippen LogP contribution in [-0.2, 0) is 26.4 Å². The van der Waals surface area contributed by atoms with E-state index in [9.17, 15) is 19.8 Å². The number of rotatable bonds is 7. The molecule has 77 valence electrons. The van der Waals surface area contributed by atoms with Gasteiger partial charge in [-0.05, 0) is 25.7 Å². The molecule has 0 fully saturated rings. The molecule has 0 amide bonds. The summed E-state index contributed by atoms with van der Waals surface area (Å²) in [6, 6.07) is 0. The van der Waals surface area contributed by atoms with E-state index in [0.29, 0.717) is 12.8 Å². The molecule has 13 heavy (non-hydrogen) atoms. The smallest absolute Gasteiger partial charge is 0.550 e. The predicted molar refractivity (Wildman–Crippen MR) is 37.7 cm³/mol. The quantitative estimate of drug-likeness (QED) is 0.517. The maximum atomic E-state index is 9.92. The molecular weight excluding hydrogens is 219 g/mol. The van der Waals surface area contributed by atoms with Gasteiger partial charge >= 0.3 is 16.8 Å². The van der Waals surface area contributed by atoms with E-state index in [2.05, 4.69) is 0 Å². The summed E-state index contributed by atoms with van der Waals surface area (Å²) in [6.45, 7) is 0. The second kappa shape index (κ2) is 9.53. The summed E-state index contributed by atoms with van der Waals surface area (Å²) in [5.74, 6) is -2.09. The molecule has 0 heterocycles. The van der Waals surface area contributed by atoms with Gasteiger partial charge in [-0.2, -0.15) is 0 Å². The molecule has 0 spiro atoms. The van der Waals surface area contributed by atoms with E-state index >= 15 is 0 Å². The van der Waals surface area contributed by atoms with E-state index in [1.54, 1.807) is 0 Å². The van der Waals surface area contributed by atoms with Gasteiger partial charge in [-0.1, -0.05) is 12.8 Å². The van der Waals surface area contributed by atoms with Crippen LogP contribution in [0.5, 0.6) is 0 Å². The molecule has 5 heteroatoms. The number of hydrogen-bond donors (Lipinski definition) is 0. The second-order valence-electron chi connectivity index (χ2n) is 2.66. The summed E-state index contributed by atoms with van der Waals surface area (Å²) in [5.41, 5.74) is 0.